The second kappa shape index (κ2) is 11.7. The second-order valence-corrected chi connectivity index (χ2v) is 10.0. The highest BCUT2D eigenvalue weighted by atomic mass is 16.5. The Hall–Kier alpha value is -3.55. The van der Waals surface area contributed by atoms with Gasteiger partial charge in [-0.15, -0.1) is 0 Å². The summed E-state index contributed by atoms with van der Waals surface area (Å²) >= 11 is 0. The summed E-state index contributed by atoms with van der Waals surface area (Å²) in [6.45, 7) is 5.72. The van der Waals surface area contributed by atoms with Crippen molar-refractivity contribution in [2.75, 3.05) is 26.7 Å². The fourth-order valence-electron chi connectivity index (χ4n) is 4.90. The van der Waals surface area contributed by atoms with Crippen LogP contribution in [0.25, 0.3) is 10.9 Å². The van der Waals surface area contributed by atoms with Crippen molar-refractivity contribution in [3.8, 4) is 5.75 Å². The topological polar surface area (TPSA) is 83.1 Å². The first-order valence-corrected chi connectivity index (χ1v) is 13.1. The van der Waals surface area contributed by atoms with Crippen LogP contribution in [0.2, 0.25) is 0 Å². The maximum Gasteiger partial charge on any atom is 0.258 e. The van der Waals surface area contributed by atoms with E-state index in [0.29, 0.717) is 29.2 Å². The Bertz CT molecular complexity index is 1360. The number of aromatic amines is 1. The fourth-order valence-corrected chi connectivity index (χ4v) is 4.90. The van der Waals surface area contributed by atoms with Crippen LogP contribution in [-0.2, 0) is 13.0 Å². The highest BCUT2D eigenvalue weighted by molar-refractivity contribution is 5.79. The molecular weight excluding hydrogens is 462 g/mol. The average Bonchev–Trinajstić information content (AvgIpc) is 2.92. The molecule has 1 fully saturated rings. The molecule has 1 atom stereocenters. The zero-order valence-electron chi connectivity index (χ0n) is 21.6. The highest BCUT2D eigenvalue weighted by Gasteiger charge is 2.18. The molecule has 7 nitrogen and oxygen atoms in total. The Kier molecular flexibility index (Phi) is 7.92. The van der Waals surface area contributed by atoms with Crippen molar-refractivity contribution in [1.82, 2.24) is 25.2 Å². The van der Waals surface area contributed by atoms with Gasteiger partial charge in [-0.2, -0.15) is 0 Å². The molecule has 0 saturated carbocycles. The van der Waals surface area contributed by atoms with Crippen LogP contribution >= 0.6 is 0 Å². The molecule has 2 aromatic carbocycles. The first-order valence-electron chi connectivity index (χ1n) is 13.1. The lowest BCUT2D eigenvalue weighted by molar-refractivity contribution is 0.215. The lowest BCUT2D eigenvalue weighted by atomic mass is 9.97. The van der Waals surface area contributed by atoms with Crippen molar-refractivity contribution in [2.45, 2.75) is 38.8 Å². The zero-order valence-corrected chi connectivity index (χ0v) is 21.6. The molecule has 37 heavy (non-hydrogen) atoms. The lowest BCUT2D eigenvalue weighted by Gasteiger charge is -2.29. The molecule has 192 valence electrons. The first kappa shape index (κ1) is 25.1. The van der Waals surface area contributed by atoms with E-state index >= 15 is 0 Å². The van der Waals surface area contributed by atoms with Gasteiger partial charge >= 0.3 is 0 Å². The molecule has 3 heterocycles. The van der Waals surface area contributed by atoms with Crippen LogP contribution in [0.3, 0.4) is 0 Å². The second-order valence-electron chi connectivity index (χ2n) is 10.0. The van der Waals surface area contributed by atoms with Gasteiger partial charge in [-0.05, 0) is 88.1 Å². The summed E-state index contributed by atoms with van der Waals surface area (Å²) in [6, 6.07) is 20.2. The van der Waals surface area contributed by atoms with Gasteiger partial charge in [0.1, 0.15) is 11.3 Å². The minimum atomic E-state index is -0.419. The van der Waals surface area contributed by atoms with Crippen molar-refractivity contribution in [1.29, 1.82) is 0 Å². The highest BCUT2D eigenvalue weighted by Crippen LogP contribution is 2.22. The van der Waals surface area contributed by atoms with E-state index < -0.39 is 6.10 Å². The van der Waals surface area contributed by atoms with Crippen LogP contribution < -0.4 is 15.6 Å². The Labute approximate surface area is 217 Å². The lowest BCUT2D eigenvalue weighted by Crippen LogP contribution is -2.35. The van der Waals surface area contributed by atoms with Crippen LogP contribution in [0.1, 0.15) is 48.5 Å². The van der Waals surface area contributed by atoms with Gasteiger partial charge in [0, 0.05) is 12.7 Å². The average molecular weight is 498 g/mol. The van der Waals surface area contributed by atoms with E-state index in [4.69, 9.17) is 9.72 Å². The number of benzene rings is 2. The molecular formula is C30H35N5O2. The first-order chi connectivity index (χ1) is 18.0. The number of hydrogen-bond donors (Lipinski definition) is 2. The Morgan fingerprint density at radius 1 is 1.05 bits per heavy atom. The molecule has 1 aliphatic heterocycles. The van der Waals surface area contributed by atoms with E-state index in [-0.39, 0.29) is 5.56 Å². The third-order valence-corrected chi connectivity index (χ3v) is 7.15. The zero-order chi connectivity index (χ0) is 25.6. The molecule has 4 aromatic rings. The molecule has 1 aliphatic rings. The smallest absolute Gasteiger partial charge is 0.258 e. The Balaban J connectivity index is 1.26. The SMILES string of the molecule is CC(Oc1ccc(Cc2ccccc2)cc1)c1nc2c(CNCC3CCN(C)CC3)nccc2c(=O)[nH]1. The number of nitrogens with one attached hydrogen (secondary N) is 2. The quantitative estimate of drug-likeness (QED) is 0.355. The number of likely N-dealkylation sites (tertiary alicyclic amines) is 1. The number of fused-ring (bicyclic) bond motifs is 1. The molecule has 7 heteroatoms. The summed E-state index contributed by atoms with van der Waals surface area (Å²) in [6.07, 6.45) is 4.55. The van der Waals surface area contributed by atoms with E-state index in [1.54, 1.807) is 12.3 Å². The van der Waals surface area contributed by atoms with Crippen LogP contribution in [0, 0.1) is 5.92 Å². The third kappa shape index (κ3) is 6.42. The summed E-state index contributed by atoms with van der Waals surface area (Å²) in [5.74, 6) is 1.90. The fraction of sp³-hybridized carbons (Fsp3) is 0.367. The summed E-state index contributed by atoms with van der Waals surface area (Å²) in [5, 5.41) is 4.09. The van der Waals surface area contributed by atoms with Gasteiger partial charge in [0.25, 0.3) is 5.56 Å². The summed E-state index contributed by atoms with van der Waals surface area (Å²) in [7, 11) is 2.18. The number of nitrogens with zero attached hydrogens (tertiary/aromatic N) is 3. The van der Waals surface area contributed by atoms with Gasteiger partial charge in [-0.3, -0.25) is 9.78 Å². The van der Waals surface area contributed by atoms with Crippen molar-refractivity contribution >= 4 is 10.9 Å². The molecule has 1 saturated heterocycles. The largest absolute Gasteiger partial charge is 0.483 e. The predicted octanol–water partition coefficient (Wildman–Crippen LogP) is 4.48. The Morgan fingerprint density at radius 3 is 2.54 bits per heavy atom. The third-order valence-electron chi connectivity index (χ3n) is 7.15. The van der Waals surface area contributed by atoms with E-state index in [2.05, 4.69) is 63.6 Å². The van der Waals surface area contributed by atoms with Gasteiger partial charge < -0.3 is 19.9 Å². The van der Waals surface area contributed by atoms with Crippen LogP contribution in [-0.4, -0.2) is 46.5 Å². The van der Waals surface area contributed by atoms with E-state index in [1.807, 2.05) is 25.1 Å². The number of hydrogen-bond acceptors (Lipinski definition) is 6. The van der Waals surface area contributed by atoms with Gasteiger partial charge in [0.15, 0.2) is 11.9 Å². The number of piperidine rings is 1. The number of ether oxygens (including phenoxy) is 1. The normalized spacial score (nSPS) is 15.6. The molecule has 5 rings (SSSR count). The van der Waals surface area contributed by atoms with Gasteiger partial charge in [-0.1, -0.05) is 42.5 Å². The number of rotatable bonds is 9. The molecule has 1 unspecified atom stereocenters. The minimum absolute atomic E-state index is 0.173. The monoisotopic (exact) mass is 497 g/mol. The predicted molar refractivity (Wildman–Crippen MR) is 147 cm³/mol. The molecule has 0 amide bonds. The Morgan fingerprint density at radius 2 is 1.78 bits per heavy atom. The summed E-state index contributed by atoms with van der Waals surface area (Å²) < 4.78 is 6.15. The van der Waals surface area contributed by atoms with Crippen molar-refractivity contribution in [2.24, 2.45) is 5.92 Å². The molecule has 2 N–H and O–H groups in total. The van der Waals surface area contributed by atoms with E-state index in [0.717, 1.165) is 37.5 Å². The van der Waals surface area contributed by atoms with Gasteiger partial charge in [0.2, 0.25) is 0 Å². The molecule has 0 bridgehead atoms. The maximum absolute atomic E-state index is 12.9. The number of H-pyrrole nitrogens is 1. The molecule has 2 aromatic heterocycles. The van der Waals surface area contributed by atoms with Gasteiger partial charge in [-0.25, -0.2) is 4.98 Å². The van der Waals surface area contributed by atoms with Crippen LogP contribution in [0.4, 0.5) is 0 Å². The van der Waals surface area contributed by atoms with E-state index in [1.165, 1.54) is 24.0 Å². The molecule has 0 aliphatic carbocycles. The molecule has 0 radical (unpaired) electrons. The summed E-state index contributed by atoms with van der Waals surface area (Å²) in [5.41, 5.74) is 3.73. The van der Waals surface area contributed by atoms with Crippen LogP contribution in [0.5, 0.6) is 5.75 Å². The van der Waals surface area contributed by atoms with E-state index in [9.17, 15) is 4.79 Å². The standard InChI is InChI=1S/C30H35N5O2/c1-21(37-25-10-8-23(9-11-25)18-22-6-4-3-5-7-22)29-33-28-26(30(36)34-29)12-15-32-27(28)20-31-19-24-13-16-35(2)17-14-24/h3-12,15,21,24,31H,13-14,16-20H2,1-2H3,(H,33,34,36). The number of aromatic nitrogens is 3. The van der Waals surface area contributed by atoms with Crippen molar-refractivity contribution in [3.63, 3.8) is 0 Å². The van der Waals surface area contributed by atoms with Gasteiger partial charge in [0.05, 0.1) is 11.1 Å². The number of pyridine rings is 1. The summed E-state index contributed by atoms with van der Waals surface area (Å²) in [4.78, 5) is 27.5. The maximum atomic E-state index is 12.9. The molecule has 0 spiro atoms. The van der Waals surface area contributed by atoms with Crippen molar-refractivity contribution < 1.29 is 4.74 Å². The van der Waals surface area contributed by atoms with Crippen molar-refractivity contribution in [3.05, 3.63) is 99.9 Å². The van der Waals surface area contributed by atoms with Crippen LogP contribution in [0.15, 0.2) is 71.7 Å². The minimum Gasteiger partial charge on any atom is -0.483 e.